The highest BCUT2D eigenvalue weighted by Crippen LogP contribution is 2.35. The Morgan fingerprint density at radius 3 is 2.58 bits per heavy atom. The van der Waals surface area contributed by atoms with Crippen molar-refractivity contribution in [2.75, 3.05) is 11.4 Å². The van der Waals surface area contributed by atoms with Crippen LogP contribution in [-0.2, 0) is 9.59 Å². The number of thiazole rings is 1. The average Bonchev–Trinajstić information content (AvgIpc) is 3.34. The van der Waals surface area contributed by atoms with Gasteiger partial charge in [-0.05, 0) is 24.3 Å². The Balaban J connectivity index is 1.71. The van der Waals surface area contributed by atoms with Crippen LogP contribution in [0.4, 0.5) is 5.69 Å². The van der Waals surface area contributed by atoms with Crippen molar-refractivity contribution >= 4 is 62.6 Å². The number of aliphatic carboxylic acids is 1. The third-order valence-corrected chi connectivity index (χ3v) is 6.35. The van der Waals surface area contributed by atoms with E-state index in [1.807, 2.05) is 0 Å². The molecule has 0 spiro atoms. The van der Waals surface area contributed by atoms with E-state index in [0.29, 0.717) is 26.9 Å². The van der Waals surface area contributed by atoms with Crippen LogP contribution < -0.4 is 15.0 Å². The summed E-state index contributed by atoms with van der Waals surface area (Å²) in [6, 6.07) is 11.6. The van der Waals surface area contributed by atoms with E-state index in [9.17, 15) is 19.5 Å². The Kier molecular flexibility index (Phi) is 4.54. The summed E-state index contributed by atoms with van der Waals surface area (Å²) in [4.78, 5) is 43.2. The lowest BCUT2D eigenvalue weighted by Gasteiger charge is -2.13. The molecule has 11 heteroatoms. The summed E-state index contributed by atoms with van der Waals surface area (Å²) in [6.07, 6.45) is 0. The van der Waals surface area contributed by atoms with Gasteiger partial charge in [-0.3, -0.25) is 19.3 Å². The van der Waals surface area contributed by atoms with E-state index >= 15 is 0 Å². The molecule has 1 N–H and O–H groups in total. The second-order valence-electron chi connectivity index (χ2n) is 6.67. The largest absolute Gasteiger partial charge is 0.480 e. The molecule has 0 saturated heterocycles. The summed E-state index contributed by atoms with van der Waals surface area (Å²) >= 11 is 13.2. The molecule has 154 valence electrons. The summed E-state index contributed by atoms with van der Waals surface area (Å²) in [5.74, 6) is -1.45. The molecule has 3 heterocycles. The van der Waals surface area contributed by atoms with Crippen molar-refractivity contribution in [2.45, 2.75) is 0 Å². The van der Waals surface area contributed by atoms with Crippen molar-refractivity contribution in [2.24, 2.45) is 0 Å². The van der Waals surface area contributed by atoms with Gasteiger partial charge in [-0.15, -0.1) is 5.10 Å². The fourth-order valence-electron chi connectivity index (χ4n) is 3.46. The van der Waals surface area contributed by atoms with Crippen LogP contribution in [-0.4, -0.2) is 38.1 Å². The molecule has 2 aromatic heterocycles. The zero-order valence-corrected chi connectivity index (χ0v) is 17.7. The molecule has 1 aliphatic rings. The number of carbonyl (C=O) groups excluding carboxylic acids is 1. The van der Waals surface area contributed by atoms with Crippen LogP contribution in [0.5, 0.6) is 0 Å². The maximum absolute atomic E-state index is 13.1. The maximum Gasteiger partial charge on any atom is 0.323 e. The number of carboxylic acids is 1. The second kappa shape index (κ2) is 7.16. The van der Waals surface area contributed by atoms with Gasteiger partial charge in [-0.2, -0.15) is 9.50 Å². The van der Waals surface area contributed by atoms with Gasteiger partial charge in [0.15, 0.2) is 5.82 Å². The first-order valence-electron chi connectivity index (χ1n) is 8.87. The number of carbonyl (C=O) groups is 2. The fraction of sp³-hybridized carbons (Fsp3) is 0.0500. The Labute approximate surface area is 187 Å². The van der Waals surface area contributed by atoms with Gasteiger partial charge in [0.25, 0.3) is 11.5 Å². The molecule has 31 heavy (non-hydrogen) atoms. The number of nitrogens with zero attached hydrogens (tertiary/aromatic N) is 4. The smallest absolute Gasteiger partial charge is 0.323 e. The van der Waals surface area contributed by atoms with Gasteiger partial charge in [0.05, 0.1) is 16.3 Å². The molecule has 5 rings (SSSR count). The third-order valence-electron chi connectivity index (χ3n) is 4.77. The quantitative estimate of drug-likeness (QED) is 0.490. The molecular weight excluding hydrogens is 463 g/mol. The molecular formula is C20H10Cl2N4O4S. The predicted molar refractivity (Wildman–Crippen MR) is 117 cm³/mol. The highest BCUT2D eigenvalue weighted by atomic mass is 35.5. The Morgan fingerprint density at radius 1 is 1.10 bits per heavy atom. The normalized spacial score (nSPS) is 15.0. The van der Waals surface area contributed by atoms with E-state index in [0.717, 1.165) is 20.8 Å². The van der Waals surface area contributed by atoms with Gasteiger partial charge in [0, 0.05) is 16.1 Å². The number of carboxylic acid groups (broad SMARTS) is 1. The molecule has 0 bridgehead atoms. The van der Waals surface area contributed by atoms with Gasteiger partial charge in [-0.25, -0.2) is 0 Å². The summed E-state index contributed by atoms with van der Waals surface area (Å²) in [5.41, 5.74) is 1.09. The highest BCUT2D eigenvalue weighted by molar-refractivity contribution is 7.15. The molecule has 0 fully saturated rings. The monoisotopic (exact) mass is 472 g/mol. The Hall–Kier alpha value is -3.27. The van der Waals surface area contributed by atoms with Gasteiger partial charge >= 0.3 is 5.97 Å². The van der Waals surface area contributed by atoms with Gasteiger partial charge < -0.3 is 5.11 Å². The third kappa shape index (κ3) is 3.09. The highest BCUT2D eigenvalue weighted by Gasteiger charge is 2.35. The van der Waals surface area contributed by atoms with Crippen molar-refractivity contribution in [3.63, 3.8) is 0 Å². The minimum atomic E-state index is -1.15. The fourth-order valence-corrected chi connectivity index (χ4v) is 4.95. The number of hydrogen-bond donors (Lipinski definition) is 1. The minimum Gasteiger partial charge on any atom is -0.480 e. The van der Waals surface area contributed by atoms with E-state index in [1.165, 1.54) is 0 Å². The molecule has 0 saturated carbocycles. The standard InChI is InChI=1S/C20H10Cl2N4O4S/c21-9-5-6-10(12(22)7-9)17-23-20-26(24-17)19(30)16(31-20)15-11-3-1-2-4-13(11)25(18(15)29)8-14(27)28/h1-7H,8H2,(H,27,28). The summed E-state index contributed by atoms with van der Waals surface area (Å²) < 4.78 is 1.26. The van der Waals surface area contributed by atoms with E-state index in [2.05, 4.69) is 10.1 Å². The zero-order chi connectivity index (χ0) is 21.9. The molecule has 0 unspecified atom stereocenters. The number of anilines is 1. The maximum atomic E-state index is 13.1. The second-order valence-corrected chi connectivity index (χ2v) is 8.49. The number of amides is 1. The Bertz CT molecular complexity index is 1530. The molecule has 1 aliphatic heterocycles. The van der Waals surface area contributed by atoms with Gasteiger partial charge in [-0.1, -0.05) is 52.7 Å². The van der Waals surface area contributed by atoms with Gasteiger partial charge in [0.2, 0.25) is 4.96 Å². The molecule has 1 amide bonds. The number of rotatable bonds is 3. The summed E-state index contributed by atoms with van der Waals surface area (Å²) in [7, 11) is 0. The van der Waals surface area contributed by atoms with E-state index in [4.69, 9.17) is 23.2 Å². The number of para-hydroxylation sites is 1. The van der Waals surface area contributed by atoms with E-state index in [-0.39, 0.29) is 20.9 Å². The number of benzene rings is 2. The molecule has 2 aromatic carbocycles. The lowest BCUT2D eigenvalue weighted by Crippen LogP contribution is -2.35. The summed E-state index contributed by atoms with van der Waals surface area (Å²) in [6.45, 7) is -0.506. The molecule has 0 atom stereocenters. The van der Waals surface area contributed by atoms with Crippen LogP contribution in [0.2, 0.25) is 10.0 Å². The van der Waals surface area contributed by atoms with Crippen LogP contribution in [0.1, 0.15) is 5.56 Å². The first kappa shape index (κ1) is 19.7. The van der Waals surface area contributed by atoms with Crippen LogP contribution in [0.25, 0.3) is 21.9 Å². The van der Waals surface area contributed by atoms with Crippen molar-refractivity contribution in [1.29, 1.82) is 0 Å². The zero-order valence-electron chi connectivity index (χ0n) is 15.4. The average molecular weight is 473 g/mol. The van der Waals surface area contributed by atoms with Crippen molar-refractivity contribution in [3.05, 3.63) is 73.0 Å². The van der Waals surface area contributed by atoms with Crippen LogP contribution in [0.3, 0.4) is 0 Å². The topological polar surface area (TPSA) is 105 Å². The number of halogens is 2. The minimum absolute atomic E-state index is 0.144. The van der Waals surface area contributed by atoms with Crippen LogP contribution >= 0.6 is 34.5 Å². The first-order chi connectivity index (χ1) is 14.8. The van der Waals surface area contributed by atoms with Crippen molar-refractivity contribution < 1.29 is 14.7 Å². The number of aromatic nitrogens is 3. The Morgan fingerprint density at radius 2 is 1.87 bits per heavy atom. The lowest BCUT2D eigenvalue weighted by atomic mass is 10.1. The number of hydrogen-bond acceptors (Lipinski definition) is 6. The van der Waals surface area contributed by atoms with Crippen LogP contribution in [0, 0.1) is 0 Å². The first-order valence-corrected chi connectivity index (χ1v) is 10.4. The molecule has 0 aliphatic carbocycles. The van der Waals surface area contributed by atoms with E-state index < -0.39 is 24.0 Å². The van der Waals surface area contributed by atoms with Crippen LogP contribution in [0.15, 0.2) is 47.3 Å². The van der Waals surface area contributed by atoms with E-state index in [1.54, 1.807) is 42.5 Å². The molecule has 8 nitrogen and oxygen atoms in total. The molecule has 0 radical (unpaired) electrons. The predicted octanol–water partition coefficient (Wildman–Crippen LogP) is 2.47. The SMILES string of the molecule is O=C(O)CN1C(=O)C(=c2sc3nc(-c4ccc(Cl)cc4Cl)nn3c2=O)c2ccccc21. The van der Waals surface area contributed by atoms with Crippen molar-refractivity contribution in [3.8, 4) is 11.4 Å². The molecule has 4 aromatic rings. The van der Waals surface area contributed by atoms with Gasteiger partial charge in [0.1, 0.15) is 11.1 Å². The number of fused-ring (bicyclic) bond motifs is 2. The lowest BCUT2D eigenvalue weighted by molar-refractivity contribution is -0.136. The van der Waals surface area contributed by atoms with Crippen molar-refractivity contribution in [1.82, 2.24) is 14.6 Å². The summed E-state index contributed by atoms with van der Waals surface area (Å²) in [5, 5.41) is 14.2.